The summed E-state index contributed by atoms with van der Waals surface area (Å²) in [6.07, 6.45) is -0.188. The van der Waals surface area contributed by atoms with Crippen molar-refractivity contribution in [1.29, 1.82) is 0 Å². The summed E-state index contributed by atoms with van der Waals surface area (Å²) in [6.45, 7) is 9.15. The lowest BCUT2D eigenvalue weighted by atomic mass is 9.75. The molecule has 2 aliphatic heterocycles. The molecule has 2 atom stereocenters. The highest BCUT2D eigenvalue weighted by atomic mass is 16.6. The molecule has 114 valence electrons. The number of rotatable bonds is 1. The van der Waals surface area contributed by atoms with Crippen molar-refractivity contribution in [2.24, 2.45) is 5.92 Å². The lowest BCUT2D eigenvalue weighted by molar-refractivity contribution is 0.0278. The Kier molecular flexibility index (Phi) is 3.44. The van der Waals surface area contributed by atoms with E-state index in [1.165, 1.54) is 5.56 Å². The molecule has 2 saturated heterocycles. The number of fused-ring (bicyclic) bond motifs is 1. The van der Waals surface area contributed by atoms with Gasteiger partial charge in [-0.3, -0.25) is 0 Å². The Hall–Kier alpha value is -1.55. The molecule has 1 aromatic carbocycles. The van der Waals surface area contributed by atoms with Gasteiger partial charge in [0.05, 0.1) is 0 Å². The highest BCUT2D eigenvalue weighted by molar-refractivity contribution is 5.69. The normalized spacial score (nSPS) is 28.5. The van der Waals surface area contributed by atoms with E-state index in [1.54, 1.807) is 0 Å². The minimum Gasteiger partial charge on any atom is -0.444 e. The molecule has 0 aliphatic carbocycles. The first-order valence-electron chi connectivity index (χ1n) is 7.65. The molecule has 2 heterocycles. The van der Waals surface area contributed by atoms with Gasteiger partial charge in [-0.1, -0.05) is 30.3 Å². The minimum atomic E-state index is -0.438. The first-order chi connectivity index (χ1) is 9.91. The van der Waals surface area contributed by atoms with E-state index in [0.29, 0.717) is 5.92 Å². The summed E-state index contributed by atoms with van der Waals surface area (Å²) in [6, 6.07) is 10.6. The van der Waals surface area contributed by atoms with Crippen molar-refractivity contribution >= 4 is 6.09 Å². The molecule has 1 aromatic rings. The van der Waals surface area contributed by atoms with Crippen molar-refractivity contribution in [2.45, 2.75) is 31.8 Å². The van der Waals surface area contributed by atoms with E-state index in [-0.39, 0.29) is 11.5 Å². The molecular weight excluding hydrogens is 264 g/mol. The quantitative estimate of drug-likeness (QED) is 0.863. The number of hydrogen-bond donors (Lipinski definition) is 1. The molecule has 0 aromatic heterocycles. The highest BCUT2D eigenvalue weighted by Crippen LogP contribution is 2.42. The van der Waals surface area contributed by atoms with Crippen LogP contribution >= 0.6 is 0 Å². The highest BCUT2D eigenvalue weighted by Gasteiger charge is 2.52. The molecule has 1 unspecified atom stereocenters. The number of amides is 1. The van der Waals surface area contributed by atoms with Crippen LogP contribution in [0.5, 0.6) is 0 Å². The maximum Gasteiger partial charge on any atom is 0.410 e. The van der Waals surface area contributed by atoms with Gasteiger partial charge in [-0.05, 0) is 26.3 Å². The Morgan fingerprint density at radius 2 is 2.05 bits per heavy atom. The molecule has 4 nitrogen and oxygen atoms in total. The third-order valence-electron chi connectivity index (χ3n) is 4.53. The van der Waals surface area contributed by atoms with Gasteiger partial charge >= 0.3 is 6.09 Å². The van der Waals surface area contributed by atoms with E-state index in [1.807, 2.05) is 31.7 Å². The fourth-order valence-electron chi connectivity index (χ4n) is 3.57. The van der Waals surface area contributed by atoms with Gasteiger partial charge in [-0.2, -0.15) is 0 Å². The number of ether oxygens (including phenoxy) is 1. The summed E-state index contributed by atoms with van der Waals surface area (Å²) in [4.78, 5) is 14.2. The number of carbonyl (C=O) groups excluding carboxylic acids is 1. The second-order valence-electron chi connectivity index (χ2n) is 7.21. The zero-order valence-corrected chi connectivity index (χ0v) is 13.1. The monoisotopic (exact) mass is 288 g/mol. The zero-order chi connectivity index (χ0) is 15.1. The summed E-state index contributed by atoms with van der Waals surface area (Å²) in [5.74, 6) is 0.465. The number of carbonyl (C=O) groups is 1. The predicted octanol–water partition coefficient (Wildman–Crippen LogP) is 2.39. The maximum atomic E-state index is 12.3. The fraction of sp³-hybridized carbons (Fsp3) is 0.588. The molecule has 0 spiro atoms. The third kappa shape index (κ3) is 2.64. The van der Waals surface area contributed by atoms with Gasteiger partial charge in [0, 0.05) is 37.5 Å². The van der Waals surface area contributed by atoms with Crippen LogP contribution in [-0.2, 0) is 10.2 Å². The van der Waals surface area contributed by atoms with Crippen LogP contribution in [-0.4, -0.2) is 42.8 Å². The van der Waals surface area contributed by atoms with E-state index >= 15 is 0 Å². The van der Waals surface area contributed by atoms with Crippen molar-refractivity contribution in [3.8, 4) is 0 Å². The Morgan fingerprint density at radius 1 is 1.33 bits per heavy atom. The van der Waals surface area contributed by atoms with Crippen LogP contribution in [0.2, 0.25) is 0 Å². The molecule has 0 radical (unpaired) electrons. The van der Waals surface area contributed by atoms with Gasteiger partial charge in [0.1, 0.15) is 5.60 Å². The van der Waals surface area contributed by atoms with E-state index in [2.05, 4.69) is 29.6 Å². The number of hydrogen-bond acceptors (Lipinski definition) is 3. The lowest BCUT2D eigenvalue weighted by Gasteiger charge is -2.29. The fourth-order valence-corrected chi connectivity index (χ4v) is 3.57. The predicted molar refractivity (Wildman–Crippen MR) is 82.3 cm³/mol. The summed E-state index contributed by atoms with van der Waals surface area (Å²) >= 11 is 0. The van der Waals surface area contributed by atoms with Crippen molar-refractivity contribution in [3.05, 3.63) is 35.9 Å². The zero-order valence-electron chi connectivity index (χ0n) is 13.1. The van der Waals surface area contributed by atoms with E-state index in [0.717, 1.165) is 26.2 Å². The van der Waals surface area contributed by atoms with Gasteiger partial charge in [0.25, 0.3) is 0 Å². The first-order valence-corrected chi connectivity index (χ1v) is 7.65. The van der Waals surface area contributed by atoms with Crippen molar-refractivity contribution in [2.75, 3.05) is 26.2 Å². The molecule has 2 fully saturated rings. The van der Waals surface area contributed by atoms with Gasteiger partial charge in [0.15, 0.2) is 0 Å². The van der Waals surface area contributed by atoms with Crippen molar-refractivity contribution in [3.63, 3.8) is 0 Å². The summed E-state index contributed by atoms with van der Waals surface area (Å²) in [5, 5.41) is 3.49. The van der Waals surface area contributed by atoms with Crippen molar-refractivity contribution < 1.29 is 9.53 Å². The van der Waals surface area contributed by atoms with Crippen LogP contribution in [0.15, 0.2) is 30.3 Å². The summed E-state index contributed by atoms with van der Waals surface area (Å²) in [5.41, 5.74) is 0.927. The molecule has 0 saturated carbocycles. The van der Waals surface area contributed by atoms with Crippen LogP contribution in [0.1, 0.15) is 26.3 Å². The number of nitrogens with zero attached hydrogens (tertiary/aromatic N) is 1. The second kappa shape index (κ2) is 5.02. The molecule has 3 rings (SSSR count). The van der Waals surface area contributed by atoms with E-state index in [4.69, 9.17) is 4.74 Å². The Morgan fingerprint density at radius 3 is 2.71 bits per heavy atom. The Labute approximate surface area is 126 Å². The Bertz CT molecular complexity index is 523. The molecule has 2 aliphatic rings. The number of benzene rings is 1. The van der Waals surface area contributed by atoms with E-state index in [9.17, 15) is 4.79 Å². The largest absolute Gasteiger partial charge is 0.444 e. The summed E-state index contributed by atoms with van der Waals surface area (Å²) < 4.78 is 5.53. The van der Waals surface area contributed by atoms with Crippen LogP contribution in [0, 0.1) is 5.92 Å². The van der Waals surface area contributed by atoms with Gasteiger partial charge in [0.2, 0.25) is 0 Å². The molecule has 1 amide bonds. The third-order valence-corrected chi connectivity index (χ3v) is 4.53. The summed E-state index contributed by atoms with van der Waals surface area (Å²) in [7, 11) is 0. The molecule has 0 bridgehead atoms. The topological polar surface area (TPSA) is 41.6 Å². The SMILES string of the molecule is CC(C)(C)OC(=O)N1CC2CNC[C@@]2(c2ccccc2)C1. The Balaban J connectivity index is 1.81. The molecule has 1 N–H and O–H groups in total. The van der Waals surface area contributed by atoms with Crippen LogP contribution in [0.3, 0.4) is 0 Å². The average Bonchev–Trinajstić information content (AvgIpc) is 2.95. The van der Waals surface area contributed by atoms with Crippen LogP contribution in [0.25, 0.3) is 0 Å². The molecule has 4 heteroatoms. The maximum absolute atomic E-state index is 12.3. The molecular formula is C17H24N2O2. The average molecular weight is 288 g/mol. The van der Waals surface area contributed by atoms with Gasteiger partial charge in [-0.25, -0.2) is 4.79 Å². The molecule has 21 heavy (non-hydrogen) atoms. The first kappa shape index (κ1) is 14.4. The minimum absolute atomic E-state index is 0.0398. The number of nitrogens with one attached hydrogen (secondary N) is 1. The van der Waals surface area contributed by atoms with Crippen molar-refractivity contribution in [1.82, 2.24) is 10.2 Å². The number of likely N-dealkylation sites (tertiary alicyclic amines) is 1. The van der Waals surface area contributed by atoms with E-state index < -0.39 is 5.60 Å². The van der Waals surface area contributed by atoms with Crippen LogP contribution < -0.4 is 5.32 Å². The standard InChI is InChI=1S/C17H24N2O2/c1-16(2,3)21-15(20)19-10-14-9-18-11-17(14,12-19)13-7-5-4-6-8-13/h4-8,14,18H,9-12H2,1-3H3/t14?,17-/m0/s1. The van der Waals surface area contributed by atoms with Gasteiger partial charge < -0.3 is 15.0 Å². The van der Waals surface area contributed by atoms with Gasteiger partial charge in [-0.15, -0.1) is 0 Å². The second-order valence-corrected chi connectivity index (χ2v) is 7.21. The lowest BCUT2D eigenvalue weighted by Crippen LogP contribution is -2.40. The smallest absolute Gasteiger partial charge is 0.410 e. The van der Waals surface area contributed by atoms with Crippen LogP contribution in [0.4, 0.5) is 4.79 Å².